The number of amides is 3. The van der Waals surface area contributed by atoms with E-state index in [0.717, 1.165) is 5.56 Å². The SMILES string of the molecule is CCN(CC(=O)Nc1cc(-c2ccccc2)nn1-c1ccc(Cl)c(Cl)c1)C(=O)Nc1ccccc1. The Morgan fingerprint density at radius 3 is 2.23 bits per heavy atom. The monoisotopic (exact) mass is 507 g/mol. The van der Waals surface area contributed by atoms with Crippen LogP contribution in [0.15, 0.2) is 84.9 Å². The van der Waals surface area contributed by atoms with E-state index in [2.05, 4.69) is 15.7 Å². The van der Waals surface area contributed by atoms with Crippen LogP contribution in [-0.4, -0.2) is 39.7 Å². The normalized spacial score (nSPS) is 10.6. The highest BCUT2D eigenvalue weighted by Gasteiger charge is 2.19. The fourth-order valence-electron chi connectivity index (χ4n) is 3.44. The molecule has 3 amide bonds. The number of urea groups is 1. The van der Waals surface area contributed by atoms with E-state index in [0.29, 0.717) is 39.5 Å². The van der Waals surface area contributed by atoms with Crippen LogP contribution in [0.2, 0.25) is 10.0 Å². The Hall–Kier alpha value is -3.81. The molecule has 7 nitrogen and oxygen atoms in total. The van der Waals surface area contributed by atoms with Crippen molar-refractivity contribution in [2.45, 2.75) is 6.92 Å². The van der Waals surface area contributed by atoms with Crippen molar-refractivity contribution in [1.29, 1.82) is 0 Å². The number of benzene rings is 3. The summed E-state index contributed by atoms with van der Waals surface area (Å²) in [6.45, 7) is 2.03. The van der Waals surface area contributed by atoms with Gasteiger partial charge in [-0.1, -0.05) is 71.7 Å². The lowest BCUT2D eigenvalue weighted by Gasteiger charge is -2.21. The molecular formula is C26H23Cl2N5O2. The number of carbonyl (C=O) groups excluding carboxylic acids is 2. The van der Waals surface area contributed by atoms with Crippen molar-refractivity contribution in [3.63, 3.8) is 0 Å². The third kappa shape index (κ3) is 6.01. The predicted molar refractivity (Wildman–Crippen MR) is 140 cm³/mol. The van der Waals surface area contributed by atoms with Gasteiger partial charge < -0.3 is 15.5 Å². The molecular weight excluding hydrogens is 485 g/mol. The van der Waals surface area contributed by atoms with Gasteiger partial charge >= 0.3 is 6.03 Å². The first kappa shape index (κ1) is 24.3. The molecule has 4 aromatic rings. The van der Waals surface area contributed by atoms with Crippen LogP contribution in [-0.2, 0) is 4.79 Å². The number of rotatable bonds is 7. The molecule has 2 N–H and O–H groups in total. The average molecular weight is 508 g/mol. The lowest BCUT2D eigenvalue weighted by Crippen LogP contribution is -2.40. The zero-order valence-corrected chi connectivity index (χ0v) is 20.4. The summed E-state index contributed by atoms with van der Waals surface area (Å²) in [5, 5.41) is 11.1. The maximum absolute atomic E-state index is 13.0. The molecule has 178 valence electrons. The fourth-order valence-corrected chi connectivity index (χ4v) is 3.73. The summed E-state index contributed by atoms with van der Waals surface area (Å²) >= 11 is 12.3. The minimum absolute atomic E-state index is 0.137. The van der Waals surface area contributed by atoms with Crippen molar-refractivity contribution in [2.24, 2.45) is 0 Å². The molecule has 0 spiro atoms. The number of anilines is 2. The summed E-state index contributed by atoms with van der Waals surface area (Å²) in [4.78, 5) is 27.1. The number of likely N-dealkylation sites (N-methyl/N-ethyl adjacent to an activating group) is 1. The molecule has 35 heavy (non-hydrogen) atoms. The first-order chi connectivity index (χ1) is 16.9. The van der Waals surface area contributed by atoms with Gasteiger partial charge in [-0.25, -0.2) is 9.48 Å². The van der Waals surface area contributed by atoms with Crippen molar-refractivity contribution >= 4 is 46.6 Å². The highest BCUT2D eigenvalue weighted by molar-refractivity contribution is 6.42. The molecule has 0 saturated carbocycles. The van der Waals surface area contributed by atoms with Crippen molar-refractivity contribution in [2.75, 3.05) is 23.7 Å². The minimum atomic E-state index is -0.365. The number of halogens is 2. The zero-order chi connectivity index (χ0) is 24.8. The maximum atomic E-state index is 13.0. The van der Waals surface area contributed by atoms with Gasteiger partial charge in [0, 0.05) is 23.9 Å². The summed E-state index contributed by atoms with van der Waals surface area (Å²) < 4.78 is 1.59. The van der Waals surface area contributed by atoms with Crippen molar-refractivity contribution in [3.05, 3.63) is 95.0 Å². The number of hydrogen-bond donors (Lipinski definition) is 2. The molecule has 0 aliphatic carbocycles. The van der Waals surface area contributed by atoms with Crippen LogP contribution in [0.25, 0.3) is 16.9 Å². The molecule has 0 atom stereocenters. The van der Waals surface area contributed by atoms with Gasteiger partial charge in [0.15, 0.2) is 0 Å². The molecule has 3 aromatic carbocycles. The van der Waals surface area contributed by atoms with Crippen LogP contribution >= 0.6 is 23.2 Å². The lowest BCUT2D eigenvalue weighted by atomic mass is 10.1. The first-order valence-electron chi connectivity index (χ1n) is 11.0. The molecule has 9 heteroatoms. The van der Waals surface area contributed by atoms with Gasteiger partial charge in [-0.15, -0.1) is 0 Å². The van der Waals surface area contributed by atoms with E-state index in [4.69, 9.17) is 23.2 Å². The summed E-state index contributed by atoms with van der Waals surface area (Å²) in [7, 11) is 0. The van der Waals surface area contributed by atoms with Gasteiger partial charge in [-0.2, -0.15) is 5.10 Å². The van der Waals surface area contributed by atoms with E-state index in [1.165, 1.54) is 4.90 Å². The third-order valence-electron chi connectivity index (χ3n) is 5.22. The van der Waals surface area contributed by atoms with Crippen molar-refractivity contribution in [1.82, 2.24) is 14.7 Å². The number of carbonyl (C=O) groups is 2. The van der Waals surface area contributed by atoms with E-state index in [1.54, 1.807) is 41.1 Å². The Balaban J connectivity index is 1.57. The Morgan fingerprint density at radius 1 is 0.886 bits per heavy atom. The number of hydrogen-bond acceptors (Lipinski definition) is 3. The molecule has 1 heterocycles. The van der Waals surface area contributed by atoms with Crippen LogP contribution in [0, 0.1) is 0 Å². The molecule has 1 aromatic heterocycles. The van der Waals surface area contributed by atoms with E-state index in [1.807, 2.05) is 55.5 Å². The minimum Gasteiger partial charge on any atom is -0.315 e. The van der Waals surface area contributed by atoms with Gasteiger partial charge in [-0.05, 0) is 37.3 Å². The average Bonchev–Trinajstić information content (AvgIpc) is 3.29. The summed E-state index contributed by atoms with van der Waals surface area (Å²) in [5.41, 5.74) is 2.84. The third-order valence-corrected chi connectivity index (χ3v) is 5.96. The van der Waals surface area contributed by atoms with E-state index in [9.17, 15) is 9.59 Å². The summed E-state index contributed by atoms with van der Waals surface area (Å²) in [6.07, 6.45) is 0. The van der Waals surface area contributed by atoms with Crippen molar-refractivity contribution < 1.29 is 9.59 Å². The standard InChI is InChI=1S/C26H23Cl2N5O2/c1-2-32(26(35)29-19-11-7-4-8-12-19)17-25(34)30-24-16-23(18-9-5-3-6-10-18)31-33(24)20-13-14-21(27)22(28)15-20/h3-16H,2,17H2,1H3,(H,29,35)(H,30,34). The molecule has 0 radical (unpaired) electrons. The van der Waals surface area contributed by atoms with Crippen LogP contribution in [0.1, 0.15) is 6.92 Å². The van der Waals surface area contributed by atoms with Crippen molar-refractivity contribution in [3.8, 4) is 16.9 Å². The molecule has 0 unspecified atom stereocenters. The maximum Gasteiger partial charge on any atom is 0.322 e. The molecule has 0 bridgehead atoms. The highest BCUT2D eigenvalue weighted by Crippen LogP contribution is 2.29. The number of aromatic nitrogens is 2. The molecule has 0 fully saturated rings. The molecule has 4 rings (SSSR count). The van der Waals surface area contributed by atoms with Crippen LogP contribution in [0.5, 0.6) is 0 Å². The Labute approximate surface area is 213 Å². The van der Waals surface area contributed by atoms with E-state index < -0.39 is 0 Å². The van der Waals surface area contributed by atoms with Gasteiger partial charge in [0.05, 0.1) is 21.4 Å². The van der Waals surface area contributed by atoms with Gasteiger partial charge in [0.2, 0.25) is 5.91 Å². The molecule has 0 saturated heterocycles. The summed E-state index contributed by atoms with van der Waals surface area (Å²) in [6, 6.07) is 25.2. The molecule has 0 aliphatic rings. The topological polar surface area (TPSA) is 79.3 Å². The van der Waals surface area contributed by atoms with Crippen LogP contribution in [0.3, 0.4) is 0 Å². The Bertz CT molecular complexity index is 1330. The summed E-state index contributed by atoms with van der Waals surface area (Å²) in [5.74, 6) is 0.0719. The number of para-hydroxylation sites is 1. The molecule has 0 aliphatic heterocycles. The number of nitrogens with zero attached hydrogens (tertiary/aromatic N) is 3. The first-order valence-corrected chi connectivity index (χ1v) is 11.7. The van der Waals surface area contributed by atoms with Gasteiger partial charge in [0.25, 0.3) is 0 Å². The quantitative estimate of drug-likeness (QED) is 0.306. The largest absolute Gasteiger partial charge is 0.322 e. The van der Waals surface area contributed by atoms with Gasteiger partial charge in [0.1, 0.15) is 12.4 Å². The van der Waals surface area contributed by atoms with Crippen LogP contribution in [0.4, 0.5) is 16.3 Å². The second-order valence-electron chi connectivity index (χ2n) is 7.65. The number of nitrogens with one attached hydrogen (secondary N) is 2. The Kier molecular flexibility index (Phi) is 7.70. The predicted octanol–water partition coefficient (Wildman–Crippen LogP) is 6.34. The smallest absolute Gasteiger partial charge is 0.315 e. The fraction of sp³-hybridized carbons (Fsp3) is 0.115. The second-order valence-corrected chi connectivity index (χ2v) is 8.46. The lowest BCUT2D eigenvalue weighted by molar-refractivity contribution is -0.116. The Morgan fingerprint density at radius 2 is 1.57 bits per heavy atom. The van der Waals surface area contributed by atoms with Gasteiger partial charge in [-0.3, -0.25) is 4.79 Å². The van der Waals surface area contributed by atoms with E-state index in [-0.39, 0.29) is 18.5 Å². The second kappa shape index (κ2) is 11.1. The van der Waals surface area contributed by atoms with E-state index >= 15 is 0 Å². The zero-order valence-electron chi connectivity index (χ0n) is 18.9. The van der Waals surface area contributed by atoms with Crippen LogP contribution < -0.4 is 10.6 Å². The highest BCUT2D eigenvalue weighted by atomic mass is 35.5.